The Morgan fingerprint density at radius 2 is 1.89 bits per heavy atom. The molecule has 0 aromatic heterocycles. The van der Waals surface area contributed by atoms with E-state index in [-0.39, 0.29) is 16.4 Å². The van der Waals surface area contributed by atoms with Crippen molar-refractivity contribution in [3.05, 3.63) is 59.7 Å². The largest absolute Gasteiger partial charge is 0.497 e. The zero-order chi connectivity index (χ0) is 19.3. The summed E-state index contributed by atoms with van der Waals surface area (Å²) in [5, 5.41) is 15.5. The average Bonchev–Trinajstić information content (AvgIpc) is 3.19. The quantitative estimate of drug-likeness (QED) is 0.781. The highest BCUT2D eigenvalue weighted by Crippen LogP contribution is 2.40. The van der Waals surface area contributed by atoms with Crippen LogP contribution >= 0.6 is 12.2 Å². The van der Waals surface area contributed by atoms with E-state index in [1.165, 1.54) is 0 Å². The highest BCUT2D eigenvalue weighted by atomic mass is 32.1. The molecular formula is C21H21N3O2S. The first-order valence-corrected chi connectivity index (χ1v) is 9.25. The van der Waals surface area contributed by atoms with Crippen molar-refractivity contribution in [3.63, 3.8) is 0 Å². The third-order valence-corrected chi connectivity index (χ3v) is 5.13. The normalized spacial score (nSPS) is 14.8. The molecule has 6 heteroatoms. The molecule has 2 N–H and O–H groups in total. The van der Waals surface area contributed by atoms with E-state index in [1.54, 1.807) is 31.4 Å². The summed E-state index contributed by atoms with van der Waals surface area (Å²) in [7, 11) is 1.55. The molecule has 138 valence electrons. The minimum absolute atomic E-state index is 0.214. The van der Waals surface area contributed by atoms with Gasteiger partial charge in [-0.2, -0.15) is 5.26 Å². The van der Waals surface area contributed by atoms with Crippen molar-refractivity contribution in [1.82, 2.24) is 5.32 Å². The second-order valence-electron chi connectivity index (χ2n) is 6.62. The van der Waals surface area contributed by atoms with Gasteiger partial charge >= 0.3 is 0 Å². The predicted molar refractivity (Wildman–Crippen MR) is 109 cm³/mol. The fraction of sp³-hybridized carbons (Fsp3) is 0.286. The number of rotatable bonds is 4. The Morgan fingerprint density at radius 1 is 1.19 bits per heavy atom. The molecule has 0 atom stereocenters. The molecule has 27 heavy (non-hydrogen) atoms. The Kier molecular flexibility index (Phi) is 5.72. The van der Waals surface area contributed by atoms with E-state index in [2.05, 4.69) is 16.7 Å². The van der Waals surface area contributed by atoms with E-state index in [0.717, 1.165) is 36.9 Å². The number of methoxy groups -OCH3 is 1. The SMILES string of the molecule is COc1cccc(C(=O)NC(=S)Nc2ccc(C3(C#N)CCCC3)cc2)c1. The van der Waals surface area contributed by atoms with Gasteiger partial charge in [0.15, 0.2) is 5.11 Å². The van der Waals surface area contributed by atoms with E-state index >= 15 is 0 Å². The van der Waals surface area contributed by atoms with Crippen LogP contribution in [0.5, 0.6) is 5.75 Å². The van der Waals surface area contributed by atoms with Crippen LogP contribution in [-0.2, 0) is 5.41 Å². The lowest BCUT2D eigenvalue weighted by Crippen LogP contribution is -2.34. The van der Waals surface area contributed by atoms with E-state index in [0.29, 0.717) is 11.3 Å². The molecule has 3 rings (SSSR count). The standard InChI is InChI=1S/C21H21N3O2S/c1-26-18-6-4-5-15(13-18)19(25)24-20(27)23-17-9-7-16(8-10-17)21(14-22)11-2-3-12-21/h4-10,13H,2-3,11-12H2,1H3,(H2,23,24,25,27). The summed E-state index contributed by atoms with van der Waals surface area (Å²) >= 11 is 5.23. The molecule has 0 aliphatic heterocycles. The minimum atomic E-state index is -0.361. The van der Waals surface area contributed by atoms with Gasteiger partial charge in [0.05, 0.1) is 18.6 Å². The van der Waals surface area contributed by atoms with Gasteiger partial charge in [0.25, 0.3) is 5.91 Å². The third-order valence-electron chi connectivity index (χ3n) is 4.93. The number of anilines is 1. The summed E-state index contributed by atoms with van der Waals surface area (Å²) in [4.78, 5) is 12.3. The molecule has 0 saturated heterocycles. The van der Waals surface area contributed by atoms with E-state index < -0.39 is 0 Å². The van der Waals surface area contributed by atoms with Gasteiger partial charge in [-0.3, -0.25) is 10.1 Å². The first-order valence-electron chi connectivity index (χ1n) is 8.84. The van der Waals surface area contributed by atoms with Gasteiger partial charge in [-0.15, -0.1) is 0 Å². The molecule has 0 unspecified atom stereocenters. The van der Waals surface area contributed by atoms with Gasteiger partial charge < -0.3 is 10.1 Å². The second-order valence-corrected chi connectivity index (χ2v) is 7.03. The van der Waals surface area contributed by atoms with Crippen LogP contribution in [0, 0.1) is 11.3 Å². The fourth-order valence-corrected chi connectivity index (χ4v) is 3.63. The van der Waals surface area contributed by atoms with Gasteiger partial charge in [-0.05, 0) is 61.0 Å². The number of hydrogen-bond donors (Lipinski definition) is 2. The molecule has 1 saturated carbocycles. The molecule has 1 fully saturated rings. The predicted octanol–water partition coefficient (Wildman–Crippen LogP) is 4.16. The first-order chi connectivity index (χ1) is 13.1. The maximum absolute atomic E-state index is 12.3. The molecule has 0 bridgehead atoms. The van der Waals surface area contributed by atoms with Crippen LogP contribution < -0.4 is 15.4 Å². The number of amides is 1. The molecular weight excluding hydrogens is 358 g/mol. The topological polar surface area (TPSA) is 74.2 Å². The number of ether oxygens (including phenoxy) is 1. The lowest BCUT2D eigenvalue weighted by Gasteiger charge is -2.21. The van der Waals surface area contributed by atoms with E-state index in [4.69, 9.17) is 17.0 Å². The summed E-state index contributed by atoms with van der Waals surface area (Å²) < 4.78 is 5.12. The maximum atomic E-state index is 12.3. The van der Waals surface area contributed by atoms with Gasteiger partial charge in [0.1, 0.15) is 5.75 Å². The van der Waals surface area contributed by atoms with Crippen LogP contribution in [0.4, 0.5) is 5.69 Å². The van der Waals surface area contributed by atoms with Crippen molar-refractivity contribution in [1.29, 1.82) is 5.26 Å². The molecule has 0 heterocycles. The zero-order valence-corrected chi connectivity index (χ0v) is 15.9. The number of benzene rings is 2. The van der Waals surface area contributed by atoms with Crippen LogP contribution in [0.25, 0.3) is 0 Å². The van der Waals surface area contributed by atoms with Crippen molar-refractivity contribution >= 4 is 28.9 Å². The lowest BCUT2D eigenvalue weighted by molar-refractivity contribution is 0.0977. The lowest BCUT2D eigenvalue weighted by atomic mass is 9.80. The summed E-state index contributed by atoms with van der Waals surface area (Å²) in [6.07, 6.45) is 4.00. The van der Waals surface area contributed by atoms with Crippen molar-refractivity contribution in [2.24, 2.45) is 0 Å². The fourth-order valence-electron chi connectivity index (χ4n) is 3.42. The van der Waals surface area contributed by atoms with Gasteiger partial charge in [-0.1, -0.05) is 31.0 Å². The van der Waals surface area contributed by atoms with Crippen molar-refractivity contribution in [3.8, 4) is 11.8 Å². The number of carbonyl (C=O) groups excluding carboxylic acids is 1. The monoisotopic (exact) mass is 379 g/mol. The molecule has 5 nitrogen and oxygen atoms in total. The van der Waals surface area contributed by atoms with Crippen LogP contribution in [0.3, 0.4) is 0 Å². The van der Waals surface area contributed by atoms with E-state index in [1.807, 2.05) is 24.3 Å². The zero-order valence-electron chi connectivity index (χ0n) is 15.1. The average molecular weight is 379 g/mol. The number of thiocarbonyl (C=S) groups is 1. The summed E-state index contributed by atoms with van der Waals surface area (Å²) in [6.45, 7) is 0. The second kappa shape index (κ2) is 8.19. The summed E-state index contributed by atoms with van der Waals surface area (Å²) in [5.41, 5.74) is 1.91. The summed E-state index contributed by atoms with van der Waals surface area (Å²) in [5.74, 6) is 0.299. The smallest absolute Gasteiger partial charge is 0.257 e. The van der Waals surface area contributed by atoms with Crippen LogP contribution in [0.2, 0.25) is 0 Å². The molecule has 0 radical (unpaired) electrons. The number of nitrogens with zero attached hydrogens (tertiary/aromatic N) is 1. The Hall–Kier alpha value is -2.91. The molecule has 1 aliphatic carbocycles. The number of nitriles is 1. The minimum Gasteiger partial charge on any atom is -0.497 e. The Balaban J connectivity index is 1.62. The van der Waals surface area contributed by atoms with Crippen LogP contribution in [0.15, 0.2) is 48.5 Å². The Morgan fingerprint density at radius 3 is 2.52 bits per heavy atom. The van der Waals surface area contributed by atoms with Gasteiger partial charge in [0.2, 0.25) is 0 Å². The molecule has 1 amide bonds. The Bertz CT molecular complexity index is 881. The number of nitrogens with one attached hydrogen (secondary N) is 2. The molecule has 1 aliphatic rings. The number of hydrogen-bond acceptors (Lipinski definition) is 4. The first kappa shape index (κ1) is 18.9. The van der Waals surface area contributed by atoms with Gasteiger partial charge in [0, 0.05) is 11.3 Å². The highest BCUT2D eigenvalue weighted by molar-refractivity contribution is 7.80. The molecule has 2 aromatic carbocycles. The van der Waals surface area contributed by atoms with Crippen LogP contribution in [0.1, 0.15) is 41.6 Å². The maximum Gasteiger partial charge on any atom is 0.257 e. The van der Waals surface area contributed by atoms with Gasteiger partial charge in [-0.25, -0.2) is 0 Å². The van der Waals surface area contributed by atoms with Crippen molar-refractivity contribution < 1.29 is 9.53 Å². The van der Waals surface area contributed by atoms with Crippen molar-refractivity contribution in [2.75, 3.05) is 12.4 Å². The Labute approximate surface area is 164 Å². The third kappa shape index (κ3) is 4.26. The van der Waals surface area contributed by atoms with Crippen LogP contribution in [-0.4, -0.2) is 18.1 Å². The molecule has 2 aromatic rings. The number of carbonyl (C=O) groups is 1. The highest BCUT2D eigenvalue weighted by Gasteiger charge is 2.35. The van der Waals surface area contributed by atoms with Crippen molar-refractivity contribution in [2.45, 2.75) is 31.1 Å². The van der Waals surface area contributed by atoms with E-state index in [9.17, 15) is 10.1 Å². The molecule has 0 spiro atoms. The summed E-state index contributed by atoms with van der Waals surface area (Å²) in [6, 6.07) is 17.0.